The summed E-state index contributed by atoms with van der Waals surface area (Å²) in [5.74, 6) is -1.02. The highest BCUT2D eigenvalue weighted by Crippen LogP contribution is 2.11. The summed E-state index contributed by atoms with van der Waals surface area (Å²) in [6.45, 7) is 2.79. The molecule has 0 saturated carbocycles. The zero-order valence-electron chi connectivity index (χ0n) is 8.85. The predicted octanol–water partition coefficient (Wildman–Crippen LogP) is -0.484. The van der Waals surface area contributed by atoms with E-state index < -0.39 is 17.2 Å². The zero-order valence-corrected chi connectivity index (χ0v) is 8.85. The van der Waals surface area contributed by atoms with Gasteiger partial charge in [0.15, 0.2) is 6.29 Å². The number of hydrogen-bond acceptors (Lipinski definition) is 6. The van der Waals surface area contributed by atoms with Crippen LogP contribution in [0, 0.1) is 10.1 Å². The van der Waals surface area contributed by atoms with Crippen molar-refractivity contribution in [1.29, 1.82) is 0 Å². The summed E-state index contributed by atoms with van der Waals surface area (Å²) >= 11 is 0. The van der Waals surface area contributed by atoms with E-state index >= 15 is 0 Å². The summed E-state index contributed by atoms with van der Waals surface area (Å²) in [7, 11) is 0. The van der Waals surface area contributed by atoms with Gasteiger partial charge < -0.3 is 10.4 Å². The van der Waals surface area contributed by atoms with Crippen LogP contribution in [0.4, 0.5) is 0 Å². The number of nitrogens with one attached hydrogen (secondary N) is 2. The number of aliphatic imine (C=N–C) groups is 1. The number of carboxylic acids is 1. The molecule has 0 radical (unpaired) electrons. The second-order valence-electron chi connectivity index (χ2n) is 3.27. The lowest BCUT2D eigenvalue weighted by Crippen LogP contribution is -2.46. The van der Waals surface area contributed by atoms with Gasteiger partial charge in [-0.05, 0) is 13.8 Å². The molecule has 0 aliphatic carbocycles. The monoisotopic (exact) mass is 228 g/mol. The van der Waals surface area contributed by atoms with Crippen LogP contribution >= 0.6 is 0 Å². The highest BCUT2D eigenvalue weighted by molar-refractivity contribution is 5.97. The van der Waals surface area contributed by atoms with Crippen molar-refractivity contribution in [2.75, 3.05) is 6.54 Å². The van der Waals surface area contributed by atoms with Gasteiger partial charge in [-0.15, -0.1) is 0 Å². The van der Waals surface area contributed by atoms with Crippen molar-refractivity contribution in [2.24, 2.45) is 4.99 Å². The van der Waals surface area contributed by atoms with Crippen LogP contribution in [0.25, 0.3) is 0 Å². The topological polar surface area (TPSA) is 117 Å². The Morgan fingerprint density at radius 3 is 2.75 bits per heavy atom. The minimum atomic E-state index is -1.02. The van der Waals surface area contributed by atoms with E-state index in [0.29, 0.717) is 5.70 Å². The first kappa shape index (κ1) is 12.1. The summed E-state index contributed by atoms with van der Waals surface area (Å²) in [5, 5.41) is 24.4. The van der Waals surface area contributed by atoms with Crippen molar-refractivity contribution in [2.45, 2.75) is 20.1 Å². The lowest BCUT2D eigenvalue weighted by Gasteiger charge is -2.21. The second kappa shape index (κ2) is 4.71. The Labute approximate surface area is 91.2 Å². The van der Waals surface area contributed by atoms with Crippen molar-refractivity contribution in [3.05, 3.63) is 21.5 Å². The van der Waals surface area contributed by atoms with Gasteiger partial charge in [0.2, 0.25) is 0 Å². The molecule has 88 valence electrons. The fraction of sp³-hybridized carbons (Fsp3) is 0.500. The highest BCUT2D eigenvalue weighted by atomic mass is 16.6. The molecule has 0 aromatic carbocycles. The SMILES string of the molecule is CC1=NC(NCC(=O)O)NC(C)=C1[N+](=O)[O-]. The molecule has 0 saturated heterocycles. The molecule has 8 nitrogen and oxygen atoms in total. The Bertz CT molecular complexity index is 387. The molecular weight excluding hydrogens is 216 g/mol. The molecule has 1 unspecified atom stereocenters. The van der Waals surface area contributed by atoms with Gasteiger partial charge in [-0.25, -0.2) is 4.99 Å². The molecule has 0 amide bonds. The number of carbonyl (C=O) groups is 1. The molecule has 1 aliphatic heterocycles. The second-order valence-corrected chi connectivity index (χ2v) is 3.27. The third-order valence-electron chi connectivity index (χ3n) is 2.00. The van der Waals surface area contributed by atoms with Gasteiger partial charge in [0, 0.05) is 0 Å². The van der Waals surface area contributed by atoms with Gasteiger partial charge in [0.05, 0.1) is 17.2 Å². The fourth-order valence-electron chi connectivity index (χ4n) is 1.38. The Morgan fingerprint density at radius 1 is 1.69 bits per heavy atom. The smallest absolute Gasteiger partial charge is 0.317 e. The Kier molecular flexibility index (Phi) is 3.56. The van der Waals surface area contributed by atoms with E-state index in [9.17, 15) is 14.9 Å². The average Bonchev–Trinajstić information content (AvgIpc) is 2.12. The molecule has 1 aliphatic rings. The van der Waals surface area contributed by atoms with Crippen LogP contribution in [0.1, 0.15) is 13.8 Å². The molecule has 0 spiro atoms. The van der Waals surface area contributed by atoms with E-state index in [-0.39, 0.29) is 18.0 Å². The molecular formula is C8H12N4O4. The maximum atomic E-state index is 10.7. The summed E-state index contributed by atoms with van der Waals surface area (Å²) in [5.41, 5.74) is 0.554. The van der Waals surface area contributed by atoms with Crippen LogP contribution in [0.3, 0.4) is 0 Å². The minimum Gasteiger partial charge on any atom is -0.480 e. The van der Waals surface area contributed by atoms with Gasteiger partial charge in [0.25, 0.3) is 0 Å². The van der Waals surface area contributed by atoms with Crippen molar-refractivity contribution in [3.8, 4) is 0 Å². The van der Waals surface area contributed by atoms with Gasteiger partial charge in [-0.2, -0.15) is 0 Å². The molecule has 0 aromatic heterocycles. The molecule has 16 heavy (non-hydrogen) atoms. The molecule has 0 fully saturated rings. The van der Waals surface area contributed by atoms with Crippen molar-refractivity contribution in [3.63, 3.8) is 0 Å². The van der Waals surface area contributed by atoms with Crippen LogP contribution in [0.2, 0.25) is 0 Å². The minimum absolute atomic E-state index is 0.0756. The van der Waals surface area contributed by atoms with Gasteiger partial charge in [0.1, 0.15) is 5.71 Å². The zero-order chi connectivity index (χ0) is 12.3. The lowest BCUT2D eigenvalue weighted by molar-refractivity contribution is -0.417. The summed E-state index contributed by atoms with van der Waals surface area (Å²) in [6.07, 6.45) is -0.639. The van der Waals surface area contributed by atoms with E-state index in [1.165, 1.54) is 6.92 Å². The van der Waals surface area contributed by atoms with Gasteiger partial charge in [-0.1, -0.05) is 0 Å². The first-order chi connectivity index (χ1) is 7.41. The molecule has 3 N–H and O–H groups in total. The molecule has 1 rings (SSSR count). The van der Waals surface area contributed by atoms with E-state index in [1.807, 2.05) is 0 Å². The predicted molar refractivity (Wildman–Crippen MR) is 55.4 cm³/mol. The van der Waals surface area contributed by atoms with Crippen LogP contribution in [0.5, 0.6) is 0 Å². The van der Waals surface area contributed by atoms with Crippen LogP contribution in [-0.2, 0) is 4.79 Å². The molecule has 8 heteroatoms. The highest BCUT2D eigenvalue weighted by Gasteiger charge is 2.26. The number of carboxylic acid groups (broad SMARTS) is 1. The molecule has 1 heterocycles. The third kappa shape index (κ3) is 2.76. The Hall–Kier alpha value is -1.96. The number of aliphatic carboxylic acids is 1. The average molecular weight is 228 g/mol. The maximum Gasteiger partial charge on any atom is 0.317 e. The summed E-state index contributed by atoms with van der Waals surface area (Å²) < 4.78 is 0. The van der Waals surface area contributed by atoms with E-state index in [1.54, 1.807) is 6.92 Å². The fourth-order valence-corrected chi connectivity index (χ4v) is 1.38. The normalized spacial score (nSPS) is 20.1. The first-order valence-electron chi connectivity index (χ1n) is 4.53. The standard InChI is InChI=1S/C8H12N4O4/c1-4-7(12(15)16)5(2)11-8(10-4)9-3-6(13)14/h8-10H,3H2,1-2H3,(H,13,14). The summed E-state index contributed by atoms with van der Waals surface area (Å²) in [4.78, 5) is 24.4. The Balaban J connectivity index is 2.74. The first-order valence-corrected chi connectivity index (χ1v) is 4.53. The largest absolute Gasteiger partial charge is 0.480 e. The number of nitro groups is 1. The van der Waals surface area contributed by atoms with Crippen LogP contribution < -0.4 is 10.6 Å². The number of nitrogens with zero attached hydrogens (tertiary/aromatic N) is 2. The molecule has 0 bridgehead atoms. The lowest BCUT2D eigenvalue weighted by atomic mass is 10.2. The number of rotatable bonds is 4. The van der Waals surface area contributed by atoms with Crippen molar-refractivity contribution < 1.29 is 14.8 Å². The van der Waals surface area contributed by atoms with Gasteiger partial charge >= 0.3 is 11.7 Å². The summed E-state index contributed by atoms with van der Waals surface area (Å²) in [6, 6.07) is 0. The quantitative estimate of drug-likeness (QED) is 0.441. The number of hydrogen-bond donors (Lipinski definition) is 3. The van der Waals surface area contributed by atoms with E-state index in [2.05, 4.69) is 15.6 Å². The molecule has 0 aromatic rings. The van der Waals surface area contributed by atoms with Crippen LogP contribution in [-0.4, -0.2) is 34.5 Å². The van der Waals surface area contributed by atoms with E-state index in [0.717, 1.165) is 0 Å². The Morgan fingerprint density at radius 2 is 2.31 bits per heavy atom. The van der Waals surface area contributed by atoms with Crippen molar-refractivity contribution in [1.82, 2.24) is 10.6 Å². The van der Waals surface area contributed by atoms with Crippen molar-refractivity contribution >= 4 is 11.7 Å². The molecule has 1 atom stereocenters. The maximum absolute atomic E-state index is 10.7. The third-order valence-corrected chi connectivity index (χ3v) is 2.00. The van der Waals surface area contributed by atoms with E-state index in [4.69, 9.17) is 5.11 Å². The number of allylic oxidation sites excluding steroid dienone is 2. The van der Waals surface area contributed by atoms with Crippen LogP contribution in [0.15, 0.2) is 16.4 Å². The van der Waals surface area contributed by atoms with Gasteiger partial charge in [-0.3, -0.25) is 20.2 Å².